The molecule has 0 atom stereocenters. The van der Waals surface area contributed by atoms with Crippen molar-refractivity contribution < 1.29 is 14.3 Å². The first-order chi connectivity index (χ1) is 16.4. The number of amidine groups is 1. The Morgan fingerprint density at radius 1 is 1.09 bits per heavy atom. The average Bonchev–Trinajstić information content (AvgIpc) is 3.15. The lowest BCUT2D eigenvalue weighted by atomic mass is 10.2. The zero-order chi connectivity index (χ0) is 24.2. The van der Waals surface area contributed by atoms with Gasteiger partial charge in [0.15, 0.2) is 16.7 Å². The zero-order valence-corrected chi connectivity index (χ0v) is 22.2. The standard InChI is InChI=1S/C24H16BrCl3N2O3S/c1-32-19-10-13(9-15(25)22(19)33-12-14-5-2-3-6-16(14)26)11-20-23(31)30-24(34-20)29-18-8-4-7-17(27)21(18)28/h2-11H,12H2,1H3,(H,29,30,31)/b20-11+. The van der Waals surface area contributed by atoms with Crippen LogP contribution < -0.4 is 14.8 Å². The monoisotopic (exact) mass is 596 g/mol. The molecule has 0 aromatic heterocycles. The molecule has 3 aromatic rings. The predicted molar refractivity (Wildman–Crippen MR) is 144 cm³/mol. The lowest BCUT2D eigenvalue weighted by molar-refractivity contribution is -0.115. The highest BCUT2D eigenvalue weighted by atomic mass is 79.9. The second-order valence-electron chi connectivity index (χ2n) is 6.97. The molecule has 4 rings (SSSR count). The van der Waals surface area contributed by atoms with Gasteiger partial charge in [-0.05, 0) is 69.7 Å². The average molecular weight is 599 g/mol. The SMILES string of the molecule is COc1cc(/C=C2/SC(=Nc3cccc(Cl)c3Cl)NC2=O)cc(Br)c1OCc1ccccc1Cl. The van der Waals surface area contributed by atoms with E-state index in [9.17, 15) is 4.79 Å². The van der Waals surface area contributed by atoms with Crippen molar-refractivity contribution in [1.82, 2.24) is 5.32 Å². The smallest absolute Gasteiger partial charge is 0.264 e. The van der Waals surface area contributed by atoms with Crippen LogP contribution in [0.25, 0.3) is 6.08 Å². The van der Waals surface area contributed by atoms with Gasteiger partial charge in [-0.2, -0.15) is 0 Å². The van der Waals surface area contributed by atoms with Crippen LogP contribution in [0.5, 0.6) is 11.5 Å². The van der Waals surface area contributed by atoms with E-state index in [-0.39, 0.29) is 12.5 Å². The first kappa shape index (κ1) is 24.9. The van der Waals surface area contributed by atoms with Crippen LogP contribution in [-0.2, 0) is 11.4 Å². The van der Waals surface area contributed by atoms with Crippen LogP contribution in [0.3, 0.4) is 0 Å². The van der Waals surface area contributed by atoms with Crippen LogP contribution in [-0.4, -0.2) is 18.2 Å². The highest BCUT2D eigenvalue weighted by Gasteiger charge is 2.25. The van der Waals surface area contributed by atoms with Crippen molar-refractivity contribution in [3.8, 4) is 11.5 Å². The summed E-state index contributed by atoms with van der Waals surface area (Å²) < 4.78 is 12.2. The fraction of sp³-hybridized carbons (Fsp3) is 0.0833. The van der Waals surface area contributed by atoms with Gasteiger partial charge in [-0.15, -0.1) is 0 Å². The molecule has 0 aliphatic carbocycles. The number of aliphatic imine (C=N–C) groups is 1. The molecule has 10 heteroatoms. The molecular weight excluding hydrogens is 583 g/mol. The summed E-state index contributed by atoms with van der Waals surface area (Å²) in [4.78, 5) is 17.4. The van der Waals surface area contributed by atoms with E-state index >= 15 is 0 Å². The molecule has 3 aromatic carbocycles. The number of amides is 1. The number of benzene rings is 3. The van der Waals surface area contributed by atoms with Crippen molar-refractivity contribution in [1.29, 1.82) is 0 Å². The van der Waals surface area contributed by atoms with Crippen molar-refractivity contribution in [2.45, 2.75) is 6.61 Å². The topological polar surface area (TPSA) is 59.9 Å². The van der Waals surface area contributed by atoms with Crippen LogP contribution in [0.1, 0.15) is 11.1 Å². The largest absolute Gasteiger partial charge is 0.493 e. The molecule has 0 spiro atoms. The quantitative estimate of drug-likeness (QED) is 0.293. The molecule has 0 saturated carbocycles. The van der Waals surface area contributed by atoms with Gasteiger partial charge >= 0.3 is 0 Å². The first-order valence-corrected chi connectivity index (χ1v) is 12.6. The van der Waals surface area contributed by atoms with Gasteiger partial charge in [0.1, 0.15) is 6.61 Å². The minimum Gasteiger partial charge on any atom is -0.493 e. The molecule has 1 aliphatic rings. The maximum atomic E-state index is 12.5. The number of nitrogens with zero attached hydrogens (tertiary/aromatic N) is 1. The Bertz CT molecular complexity index is 1330. The first-order valence-electron chi connectivity index (χ1n) is 9.83. The number of hydrogen-bond acceptors (Lipinski definition) is 5. The van der Waals surface area contributed by atoms with E-state index in [1.807, 2.05) is 30.3 Å². The van der Waals surface area contributed by atoms with Gasteiger partial charge in [0.05, 0.1) is 32.2 Å². The van der Waals surface area contributed by atoms with Crippen LogP contribution in [0, 0.1) is 0 Å². The van der Waals surface area contributed by atoms with Crippen molar-refractivity contribution in [2.75, 3.05) is 7.11 Å². The van der Waals surface area contributed by atoms with Gasteiger partial charge in [-0.25, -0.2) is 4.99 Å². The van der Waals surface area contributed by atoms with Crippen LogP contribution in [0.2, 0.25) is 15.1 Å². The summed E-state index contributed by atoms with van der Waals surface area (Å²) in [6.07, 6.45) is 1.74. The number of thioether (sulfide) groups is 1. The Balaban J connectivity index is 1.56. The van der Waals surface area contributed by atoms with Gasteiger partial charge in [-0.1, -0.05) is 59.1 Å². The highest BCUT2D eigenvalue weighted by molar-refractivity contribution is 9.10. The molecule has 0 bridgehead atoms. The van der Waals surface area contributed by atoms with Crippen LogP contribution >= 0.6 is 62.5 Å². The Morgan fingerprint density at radius 2 is 1.85 bits per heavy atom. The summed E-state index contributed by atoms with van der Waals surface area (Å²) in [5.41, 5.74) is 2.08. The third-order valence-electron chi connectivity index (χ3n) is 4.68. The zero-order valence-electron chi connectivity index (χ0n) is 17.6. The molecule has 1 N–H and O–H groups in total. The molecule has 5 nitrogen and oxygen atoms in total. The van der Waals surface area contributed by atoms with Crippen LogP contribution in [0.4, 0.5) is 5.69 Å². The third-order valence-corrected chi connectivity index (χ3v) is 7.36. The van der Waals surface area contributed by atoms with Gasteiger partial charge in [-0.3, -0.25) is 4.79 Å². The van der Waals surface area contributed by atoms with E-state index in [0.717, 1.165) is 11.1 Å². The number of rotatable bonds is 6. The van der Waals surface area contributed by atoms with Gasteiger partial charge in [0.25, 0.3) is 5.91 Å². The third kappa shape index (κ3) is 5.73. The lowest BCUT2D eigenvalue weighted by Crippen LogP contribution is -2.19. The molecule has 1 heterocycles. The van der Waals surface area contributed by atoms with E-state index in [2.05, 4.69) is 26.2 Å². The van der Waals surface area contributed by atoms with Gasteiger partial charge < -0.3 is 14.8 Å². The Labute approximate surface area is 224 Å². The molecule has 34 heavy (non-hydrogen) atoms. The van der Waals surface area contributed by atoms with E-state index in [1.54, 1.807) is 37.5 Å². The fourth-order valence-corrected chi connectivity index (χ4v) is 4.99. The molecule has 0 radical (unpaired) electrons. The summed E-state index contributed by atoms with van der Waals surface area (Å²) >= 11 is 23.2. The van der Waals surface area contributed by atoms with Crippen molar-refractivity contribution in [3.63, 3.8) is 0 Å². The molecular formula is C24H16BrCl3N2O3S. The highest BCUT2D eigenvalue weighted by Crippen LogP contribution is 2.39. The summed E-state index contributed by atoms with van der Waals surface area (Å²) in [6, 6.07) is 16.2. The van der Waals surface area contributed by atoms with E-state index in [0.29, 0.717) is 46.8 Å². The molecule has 1 amide bonds. The number of halogens is 4. The van der Waals surface area contributed by atoms with Crippen molar-refractivity contribution in [2.24, 2.45) is 4.99 Å². The van der Waals surface area contributed by atoms with Crippen LogP contribution in [0.15, 0.2) is 69.0 Å². The van der Waals surface area contributed by atoms with E-state index in [4.69, 9.17) is 44.3 Å². The predicted octanol–water partition coefficient (Wildman–Crippen LogP) is 7.89. The maximum Gasteiger partial charge on any atom is 0.264 e. The van der Waals surface area contributed by atoms with Crippen molar-refractivity contribution in [3.05, 3.63) is 90.2 Å². The van der Waals surface area contributed by atoms with E-state index < -0.39 is 0 Å². The number of carbonyl (C=O) groups is 1. The number of carbonyl (C=O) groups excluding carboxylic acids is 1. The van der Waals surface area contributed by atoms with Gasteiger partial charge in [0, 0.05) is 10.6 Å². The van der Waals surface area contributed by atoms with Gasteiger partial charge in [0.2, 0.25) is 0 Å². The number of hydrogen-bond donors (Lipinski definition) is 1. The molecule has 1 fully saturated rings. The van der Waals surface area contributed by atoms with E-state index in [1.165, 1.54) is 11.8 Å². The van der Waals surface area contributed by atoms with Crippen molar-refractivity contribution >= 4 is 85.3 Å². The number of ether oxygens (including phenoxy) is 2. The Kier molecular flexibility index (Phi) is 8.11. The molecule has 0 unspecified atom stereocenters. The Morgan fingerprint density at radius 3 is 2.62 bits per heavy atom. The summed E-state index contributed by atoms with van der Waals surface area (Å²) in [5.74, 6) is 0.776. The summed E-state index contributed by atoms with van der Waals surface area (Å²) in [5, 5.41) is 4.49. The minimum absolute atomic E-state index is 0.268. The molecule has 1 saturated heterocycles. The molecule has 174 valence electrons. The number of nitrogens with one attached hydrogen (secondary N) is 1. The minimum atomic E-state index is -0.268. The second kappa shape index (κ2) is 11.1. The summed E-state index contributed by atoms with van der Waals surface area (Å²) in [6.45, 7) is 0.277. The second-order valence-corrected chi connectivity index (χ2v) is 10.0. The lowest BCUT2D eigenvalue weighted by Gasteiger charge is -2.14. The molecule has 1 aliphatic heterocycles. The number of methoxy groups -OCH3 is 1. The maximum absolute atomic E-state index is 12.5. The fourth-order valence-electron chi connectivity index (χ4n) is 3.05. The summed E-state index contributed by atoms with van der Waals surface area (Å²) in [7, 11) is 1.55. The Hall–Kier alpha value is -2.16. The normalized spacial score (nSPS) is 15.6.